The molecular formula is C15H29N3O. The van der Waals surface area contributed by atoms with Gasteiger partial charge >= 0.3 is 0 Å². The zero-order valence-corrected chi connectivity index (χ0v) is 13.7. The molecule has 0 fully saturated rings. The van der Waals surface area contributed by atoms with Crippen molar-refractivity contribution in [3.8, 4) is 5.75 Å². The first kappa shape index (κ1) is 16.0. The van der Waals surface area contributed by atoms with Crippen molar-refractivity contribution >= 4 is 0 Å². The van der Waals surface area contributed by atoms with Crippen molar-refractivity contribution in [1.29, 1.82) is 0 Å². The highest BCUT2D eigenvalue weighted by Crippen LogP contribution is 2.24. The summed E-state index contributed by atoms with van der Waals surface area (Å²) in [4.78, 5) is 0. The highest BCUT2D eigenvalue weighted by molar-refractivity contribution is 5.32. The zero-order valence-electron chi connectivity index (χ0n) is 13.7. The van der Waals surface area contributed by atoms with Crippen molar-refractivity contribution in [3.05, 3.63) is 11.4 Å². The van der Waals surface area contributed by atoms with Gasteiger partial charge < -0.3 is 10.1 Å². The van der Waals surface area contributed by atoms with Gasteiger partial charge in [-0.15, -0.1) is 0 Å². The molecule has 0 amide bonds. The van der Waals surface area contributed by atoms with Crippen LogP contribution in [-0.2, 0) is 7.05 Å². The van der Waals surface area contributed by atoms with Crippen LogP contribution in [-0.4, -0.2) is 28.0 Å². The largest absolute Gasteiger partial charge is 0.485 e. The summed E-state index contributed by atoms with van der Waals surface area (Å²) < 4.78 is 8.08. The second kappa shape index (κ2) is 5.95. The molecule has 0 aliphatic heterocycles. The Kier molecular flexibility index (Phi) is 5.02. The van der Waals surface area contributed by atoms with Gasteiger partial charge in [0.2, 0.25) is 0 Å². The molecule has 1 N–H and O–H groups in total. The van der Waals surface area contributed by atoms with Crippen molar-refractivity contribution < 1.29 is 4.74 Å². The van der Waals surface area contributed by atoms with Crippen molar-refractivity contribution in [2.45, 2.75) is 60.1 Å². The number of hydrogen-bond acceptors (Lipinski definition) is 3. The van der Waals surface area contributed by atoms with Gasteiger partial charge in [-0.2, -0.15) is 5.10 Å². The smallest absolute Gasteiger partial charge is 0.163 e. The molecule has 1 rings (SSSR count). The van der Waals surface area contributed by atoms with E-state index in [0.717, 1.165) is 23.7 Å². The first-order valence-electron chi connectivity index (χ1n) is 7.03. The maximum absolute atomic E-state index is 6.21. The second-order valence-corrected chi connectivity index (χ2v) is 6.65. The molecule has 1 aromatic heterocycles. The minimum absolute atomic E-state index is 0.107. The molecule has 110 valence electrons. The van der Waals surface area contributed by atoms with Crippen LogP contribution in [0.15, 0.2) is 0 Å². The lowest BCUT2D eigenvalue weighted by Gasteiger charge is -2.28. The Morgan fingerprint density at radius 3 is 2.21 bits per heavy atom. The SMILES string of the molecule is Cc1nn(C)c(C)c1OC(CNC(C)(C)C)C(C)C. The Labute approximate surface area is 117 Å². The third-order valence-corrected chi connectivity index (χ3v) is 3.29. The van der Waals surface area contributed by atoms with Gasteiger partial charge in [-0.25, -0.2) is 0 Å². The van der Waals surface area contributed by atoms with E-state index in [1.807, 2.05) is 25.6 Å². The highest BCUT2D eigenvalue weighted by atomic mass is 16.5. The quantitative estimate of drug-likeness (QED) is 0.891. The molecule has 0 saturated heterocycles. The monoisotopic (exact) mass is 267 g/mol. The number of aromatic nitrogens is 2. The third kappa shape index (κ3) is 4.53. The standard InChI is InChI=1S/C15H29N3O/c1-10(2)13(9-16-15(5,6)7)19-14-11(3)17-18(8)12(14)4/h10,13,16H,9H2,1-8H3. The second-order valence-electron chi connectivity index (χ2n) is 6.65. The lowest BCUT2D eigenvalue weighted by molar-refractivity contribution is 0.138. The number of nitrogens with one attached hydrogen (secondary N) is 1. The Morgan fingerprint density at radius 1 is 1.26 bits per heavy atom. The summed E-state index contributed by atoms with van der Waals surface area (Å²) >= 11 is 0. The van der Waals surface area contributed by atoms with Crippen LogP contribution in [0.1, 0.15) is 46.0 Å². The number of ether oxygens (including phenoxy) is 1. The lowest BCUT2D eigenvalue weighted by Crippen LogP contribution is -2.44. The molecule has 19 heavy (non-hydrogen) atoms. The van der Waals surface area contributed by atoms with Gasteiger partial charge in [-0.1, -0.05) is 13.8 Å². The van der Waals surface area contributed by atoms with E-state index in [9.17, 15) is 0 Å². The predicted molar refractivity (Wildman–Crippen MR) is 79.7 cm³/mol. The topological polar surface area (TPSA) is 39.1 Å². The normalized spacial score (nSPS) is 13.9. The molecule has 4 heteroatoms. The summed E-state index contributed by atoms with van der Waals surface area (Å²) in [5, 5.41) is 7.92. The summed E-state index contributed by atoms with van der Waals surface area (Å²) in [5.74, 6) is 1.38. The van der Waals surface area contributed by atoms with E-state index in [4.69, 9.17) is 4.74 Å². The number of aryl methyl sites for hydroxylation is 2. The van der Waals surface area contributed by atoms with Crippen molar-refractivity contribution in [2.24, 2.45) is 13.0 Å². The average Bonchev–Trinajstić information content (AvgIpc) is 2.48. The van der Waals surface area contributed by atoms with Crippen LogP contribution >= 0.6 is 0 Å². The third-order valence-electron chi connectivity index (χ3n) is 3.29. The van der Waals surface area contributed by atoms with Gasteiger partial charge in [-0.05, 0) is 40.5 Å². The Bertz CT molecular complexity index is 416. The molecule has 0 aliphatic rings. The van der Waals surface area contributed by atoms with E-state index in [2.05, 4.69) is 45.0 Å². The van der Waals surface area contributed by atoms with Crippen LogP contribution in [0.4, 0.5) is 0 Å². The van der Waals surface area contributed by atoms with Crippen LogP contribution < -0.4 is 10.1 Å². The van der Waals surface area contributed by atoms with Gasteiger partial charge in [0.25, 0.3) is 0 Å². The van der Waals surface area contributed by atoms with Gasteiger partial charge in [0, 0.05) is 19.1 Å². The molecule has 0 radical (unpaired) electrons. The van der Waals surface area contributed by atoms with Crippen molar-refractivity contribution in [3.63, 3.8) is 0 Å². The summed E-state index contributed by atoms with van der Waals surface area (Å²) in [6.07, 6.45) is 0.154. The molecule has 0 saturated carbocycles. The van der Waals surface area contributed by atoms with E-state index in [-0.39, 0.29) is 11.6 Å². The van der Waals surface area contributed by atoms with E-state index in [0.29, 0.717) is 5.92 Å². The summed E-state index contributed by atoms with van der Waals surface area (Å²) in [6.45, 7) is 15.8. The van der Waals surface area contributed by atoms with Crippen LogP contribution in [0, 0.1) is 19.8 Å². The molecule has 0 bridgehead atoms. The molecule has 0 aromatic carbocycles. The molecule has 0 spiro atoms. The van der Waals surface area contributed by atoms with E-state index in [1.54, 1.807) is 0 Å². The van der Waals surface area contributed by atoms with Gasteiger partial charge in [-0.3, -0.25) is 4.68 Å². The lowest BCUT2D eigenvalue weighted by atomic mass is 10.0. The molecule has 1 heterocycles. The van der Waals surface area contributed by atoms with Crippen molar-refractivity contribution in [2.75, 3.05) is 6.54 Å². The highest BCUT2D eigenvalue weighted by Gasteiger charge is 2.21. The fourth-order valence-electron chi connectivity index (χ4n) is 1.90. The Hall–Kier alpha value is -1.03. The van der Waals surface area contributed by atoms with Gasteiger partial charge in [0.15, 0.2) is 5.75 Å². The summed E-state index contributed by atoms with van der Waals surface area (Å²) in [7, 11) is 1.95. The maximum Gasteiger partial charge on any atom is 0.163 e. The molecule has 1 unspecified atom stereocenters. The number of nitrogens with zero attached hydrogens (tertiary/aromatic N) is 2. The average molecular weight is 267 g/mol. The van der Waals surface area contributed by atoms with E-state index < -0.39 is 0 Å². The fraction of sp³-hybridized carbons (Fsp3) is 0.800. The fourth-order valence-corrected chi connectivity index (χ4v) is 1.90. The number of hydrogen-bond donors (Lipinski definition) is 1. The molecule has 4 nitrogen and oxygen atoms in total. The maximum atomic E-state index is 6.21. The Morgan fingerprint density at radius 2 is 1.84 bits per heavy atom. The minimum atomic E-state index is 0.107. The van der Waals surface area contributed by atoms with Crippen LogP contribution in [0.25, 0.3) is 0 Å². The Balaban J connectivity index is 2.79. The zero-order chi connectivity index (χ0) is 14.8. The van der Waals surface area contributed by atoms with E-state index >= 15 is 0 Å². The predicted octanol–water partition coefficient (Wildman–Crippen LogP) is 2.83. The molecule has 0 aliphatic carbocycles. The first-order valence-corrected chi connectivity index (χ1v) is 7.03. The number of rotatable bonds is 5. The van der Waals surface area contributed by atoms with Gasteiger partial charge in [0.1, 0.15) is 11.8 Å². The van der Waals surface area contributed by atoms with E-state index in [1.165, 1.54) is 0 Å². The summed E-state index contributed by atoms with van der Waals surface area (Å²) in [6, 6.07) is 0. The molecule has 1 aromatic rings. The summed E-state index contributed by atoms with van der Waals surface area (Å²) in [5.41, 5.74) is 2.15. The minimum Gasteiger partial charge on any atom is -0.485 e. The van der Waals surface area contributed by atoms with Crippen LogP contribution in [0.5, 0.6) is 5.75 Å². The first-order chi connectivity index (χ1) is 8.61. The molecule has 1 atom stereocenters. The van der Waals surface area contributed by atoms with Gasteiger partial charge in [0.05, 0.1) is 5.69 Å². The van der Waals surface area contributed by atoms with Crippen LogP contribution in [0.3, 0.4) is 0 Å². The van der Waals surface area contributed by atoms with Crippen molar-refractivity contribution in [1.82, 2.24) is 15.1 Å². The molecular weight excluding hydrogens is 238 g/mol. The van der Waals surface area contributed by atoms with Crippen LogP contribution in [0.2, 0.25) is 0 Å².